The Kier molecular flexibility index (Phi) is 7.20. The molecule has 0 aliphatic heterocycles. The van der Waals surface area contributed by atoms with Crippen LogP contribution in [0.1, 0.15) is 53.3 Å². The summed E-state index contributed by atoms with van der Waals surface area (Å²) in [6.07, 6.45) is 4.64. The molecule has 0 spiro atoms. The van der Waals surface area contributed by atoms with Crippen LogP contribution in [0.4, 0.5) is 0 Å². The fourth-order valence-corrected chi connectivity index (χ4v) is 5.51. The van der Waals surface area contributed by atoms with E-state index in [1.54, 1.807) is 27.6 Å². The zero-order valence-corrected chi connectivity index (χ0v) is 19.4. The highest BCUT2D eigenvalue weighted by atomic mass is 32.1. The molecule has 1 aromatic carbocycles. The van der Waals surface area contributed by atoms with E-state index in [0.29, 0.717) is 13.0 Å². The molecule has 0 saturated heterocycles. The molecule has 31 heavy (non-hydrogen) atoms. The molecule has 1 unspecified atom stereocenters. The molecule has 1 aliphatic carbocycles. The maximum atomic E-state index is 13.5. The standard InChI is InChI=1S/C25H28N2O2S2/c1-18-8-10-19(11-9-18)16-27(23(28)15-22-7-4-13-31-22)24(20-12-14-30-17-20)25(29)26-21-5-2-3-6-21/h4,7-14,17,21,24H,2-3,5-6,15-16H2,1H3,(H,26,29). The second kappa shape index (κ2) is 10.2. The highest BCUT2D eigenvalue weighted by Crippen LogP contribution is 2.28. The number of nitrogens with zero attached hydrogens (tertiary/aromatic N) is 1. The van der Waals surface area contributed by atoms with Gasteiger partial charge < -0.3 is 10.2 Å². The Morgan fingerprint density at radius 1 is 1.10 bits per heavy atom. The normalized spacial score (nSPS) is 15.0. The summed E-state index contributed by atoms with van der Waals surface area (Å²) in [6.45, 7) is 2.45. The van der Waals surface area contributed by atoms with Crippen molar-refractivity contribution in [1.82, 2.24) is 10.2 Å². The van der Waals surface area contributed by atoms with Gasteiger partial charge in [-0.15, -0.1) is 11.3 Å². The average Bonchev–Trinajstić information content (AvgIpc) is 3.53. The second-order valence-corrected chi connectivity index (χ2v) is 10.0. The quantitative estimate of drug-likeness (QED) is 0.491. The zero-order valence-electron chi connectivity index (χ0n) is 17.8. The first-order valence-electron chi connectivity index (χ1n) is 10.8. The third-order valence-corrected chi connectivity index (χ3v) is 7.40. The van der Waals surface area contributed by atoms with E-state index in [1.807, 2.05) is 53.4 Å². The van der Waals surface area contributed by atoms with Crippen molar-refractivity contribution in [1.29, 1.82) is 0 Å². The van der Waals surface area contributed by atoms with Crippen molar-refractivity contribution in [3.63, 3.8) is 0 Å². The lowest BCUT2D eigenvalue weighted by molar-refractivity contribution is -0.141. The first-order valence-corrected chi connectivity index (χ1v) is 12.6. The van der Waals surface area contributed by atoms with Gasteiger partial charge in [-0.3, -0.25) is 9.59 Å². The van der Waals surface area contributed by atoms with Crippen molar-refractivity contribution in [3.05, 3.63) is 80.2 Å². The van der Waals surface area contributed by atoms with Gasteiger partial charge in [0, 0.05) is 17.5 Å². The Balaban J connectivity index is 1.64. The van der Waals surface area contributed by atoms with Gasteiger partial charge >= 0.3 is 0 Å². The number of hydrogen-bond donors (Lipinski definition) is 1. The fourth-order valence-electron chi connectivity index (χ4n) is 4.13. The zero-order chi connectivity index (χ0) is 21.6. The van der Waals surface area contributed by atoms with Gasteiger partial charge in [0.05, 0.1) is 6.42 Å². The summed E-state index contributed by atoms with van der Waals surface area (Å²) in [4.78, 5) is 29.8. The second-order valence-electron chi connectivity index (χ2n) is 8.21. The monoisotopic (exact) mass is 452 g/mol. The van der Waals surface area contributed by atoms with Crippen LogP contribution in [0.3, 0.4) is 0 Å². The third kappa shape index (κ3) is 5.63. The van der Waals surface area contributed by atoms with E-state index in [-0.39, 0.29) is 17.9 Å². The van der Waals surface area contributed by atoms with Crippen LogP contribution in [0, 0.1) is 6.92 Å². The lowest BCUT2D eigenvalue weighted by Crippen LogP contribution is -2.46. The maximum absolute atomic E-state index is 13.5. The fraction of sp³-hybridized carbons (Fsp3) is 0.360. The molecule has 1 N–H and O–H groups in total. The minimum atomic E-state index is -0.624. The van der Waals surface area contributed by atoms with Gasteiger partial charge in [-0.25, -0.2) is 0 Å². The van der Waals surface area contributed by atoms with Gasteiger partial charge in [0.1, 0.15) is 6.04 Å². The van der Waals surface area contributed by atoms with Crippen LogP contribution < -0.4 is 5.32 Å². The van der Waals surface area contributed by atoms with Crippen molar-refractivity contribution in [2.75, 3.05) is 0 Å². The molecular formula is C25H28N2O2S2. The van der Waals surface area contributed by atoms with Crippen LogP contribution in [0.2, 0.25) is 0 Å². The number of carbonyl (C=O) groups is 2. The highest BCUT2D eigenvalue weighted by molar-refractivity contribution is 7.10. The SMILES string of the molecule is Cc1ccc(CN(C(=O)Cc2cccs2)C(C(=O)NC2CCCC2)c2ccsc2)cc1. The number of hydrogen-bond acceptors (Lipinski definition) is 4. The molecule has 2 heterocycles. The minimum Gasteiger partial charge on any atom is -0.351 e. The van der Waals surface area contributed by atoms with Crippen LogP contribution in [-0.4, -0.2) is 22.8 Å². The number of aryl methyl sites for hydroxylation is 1. The number of nitrogens with one attached hydrogen (secondary N) is 1. The first kappa shape index (κ1) is 21.8. The largest absolute Gasteiger partial charge is 0.351 e. The highest BCUT2D eigenvalue weighted by Gasteiger charge is 2.33. The van der Waals surface area contributed by atoms with E-state index in [4.69, 9.17) is 0 Å². The van der Waals surface area contributed by atoms with Gasteiger partial charge in [-0.2, -0.15) is 11.3 Å². The Bertz CT molecular complexity index is 975. The summed E-state index contributed by atoms with van der Waals surface area (Å²) >= 11 is 3.13. The smallest absolute Gasteiger partial charge is 0.247 e. The summed E-state index contributed by atoms with van der Waals surface area (Å²) in [6, 6.07) is 13.7. The van der Waals surface area contributed by atoms with Crippen molar-refractivity contribution < 1.29 is 9.59 Å². The predicted octanol–water partition coefficient (Wildman–Crippen LogP) is 5.49. The van der Waals surface area contributed by atoms with E-state index >= 15 is 0 Å². The predicted molar refractivity (Wildman–Crippen MR) is 127 cm³/mol. The number of thiophene rings is 2. The maximum Gasteiger partial charge on any atom is 0.247 e. The molecule has 4 nitrogen and oxygen atoms in total. The Labute approximate surface area is 191 Å². The molecule has 0 bridgehead atoms. The van der Waals surface area contributed by atoms with Crippen LogP contribution in [0.25, 0.3) is 0 Å². The topological polar surface area (TPSA) is 49.4 Å². The van der Waals surface area contributed by atoms with Crippen molar-refractivity contribution in [2.24, 2.45) is 0 Å². The van der Waals surface area contributed by atoms with Crippen LogP contribution in [0.5, 0.6) is 0 Å². The number of amides is 2. The molecule has 1 aliphatic rings. The molecule has 162 valence electrons. The van der Waals surface area contributed by atoms with E-state index in [2.05, 4.69) is 17.4 Å². The van der Waals surface area contributed by atoms with Crippen LogP contribution in [0.15, 0.2) is 58.6 Å². The Morgan fingerprint density at radius 2 is 1.87 bits per heavy atom. The lowest BCUT2D eigenvalue weighted by atomic mass is 10.0. The molecule has 1 atom stereocenters. The van der Waals surface area contributed by atoms with Crippen molar-refractivity contribution in [2.45, 2.75) is 57.7 Å². The molecule has 0 radical (unpaired) electrons. The molecule has 3 aromatic rings. The Morgan fingerprint density at radius 3 is 2.52 bits per heavy atom. The third-order valence-electron chi connectivity index (χ3n) is 5.82. The molecule has 6 heteroatoms. The van der Waals surface area contributed by atoms with E-state index < -0.39 is 6.04 Å². The van der Waals surface area contributed by atoms with Crippen molar-refractivity contribution >= 4 is 34.5 Å². The molecule has 1 fully saturated rings. The number of rotatable bonds is 8. The van der Waals surface area contributed by atoms with Gasteiger partial charge in [-0.05, 0) is 59.2 Å². The van der Waals surface area contributed by atoms with Crippen LogP contribution in [-0.2, 0) is 22.6 Å². The van der Waals surface area contributed by atoms with E-state index in [9.17, 15) is 9.59 Å². The summed E-state index contributed by atoms with van der Waals surface area (Å²) in [7, 11) is 0. The van der Waals surface area contributed by atoms with Gasteiger partial charge in [0.15, 0.2) is 0 Å². The minimum absolute atomic E-state index is 0.0270. The molecule has 2 aromatic heterocycles. The number of benzene rings is 1. The summed E-state index contributed by atoms with van der Waals surface area (Å²) in [5, 5.41) is 9.17. The Hall–Kier alpha value is -2.44. The first-order chi connectivity index (χ1) is 15.1. The van der Waals surface area contributed by atoms with E-state index in [0.717, 1.165) is 41.7 Å². The van der Waals surface area contributed by atoms with Gasteiger partial charge in [-0.1, -0.05) is 48.7 Å². The van der Waals surface area contributed by atoms with Crippen molar-refractivity contribution in [3.8, 4) is 0 Å². The molecule has 1 saturated carbocycles. The summed E-state index contributed by atoms with van der Waals surface area (Å²) in [5.74, 6) is -0.0993. The van der Waals surface area contributed by atoms with E-state index in [1.165, 1.54) is 5.56 Å². The summed E-state index contributed by atoms with van der Waals surface area (Å²) in [5.41, 5.74) is 3.08. The average molecular weight is 453 g/mol. The molecule has 4 rings (SSSR count). The van der Waals surface area contributed by atoms with Gasteiger partial charge in [0.2, 0.25) is 11.8 Å². The van der Waals surface area contributed by atoms with Crippen LogP contribution >= 0.6 is 22.7 Å². The summed E-state index contributed by atoms with van der Waals surface area (Å²) < 4.78 is 0. The molecule has 2 amide bonds. The molecular weight excluding hydrogens is 424 g/mol. The van der Waals surface area contributed by atoms with Gasteiger partial charge in [0.25, 0.3) is 0 Å². The lowest BCUT2D eigenvalue weighted by Gasteiger charge is -2.32. The number of carbonyl (C=O) groups excluding carboxylic acids is 2.